The van der Waals surface area contributed by atoms with E-state index in [4.69, 9.17) is 4.74 Å². The Morgan fingerprint density at radius 3 is 2.80 bits per heavy atom. The summed E-state index contributed by atoms with van der Waals surface area (Å²) in [5.41, 5.74) is 0.780. The van der Waals surface area contributed by atoms with E-state index in [9.17, 15) is 9.18 Å². The van der Waals surface area contributed by atoms with Crippen LogP contribution >= 0.6 is 15.9 Å². The Morgan fingerprint density at radius 2 is 2.20 bits per heavy atom. The number of benzene rings is 1. The number of hydrogen-bond acceptors (Lipinski definition) is 3. The van der Waals surface area contributed by atoms with Crippen molar-refractivity contribution >= 4 is 22.0 Å². The number of halogens is 2. The maximum Gasteiger partial charge on any atom is 0.235 e. The van der Waals surface area contributed by atoms with Crippen LogP contribution < -0.4 is 0 Å². The van der Waals surface area contributed by atoms with E-state index >= 15 is 0 Å². The number of nitrogens with zero attached hydrogens (tertiary/aromatic N) is 1. The van der Waals surface area contributed by atoms with Gasteiger partial charge in [0.15, 0.2) is 0 Å². The predicted molar refractivity (Wildman–Crippen MR) is 56.6 cm³/mol. The highest BCUT2D eigenvalue weighted by molar-refractivity contribution is 9.10. The second kappa shape index (κ2) is 5.75. The van der Waals surface area contributed by atoms with Crippen LogP contribution in [0.15, 0.2) is 21.6 Å². The standard InChI is InChI=1S/C10H9BrFNO2/c1-15-5-8-3-9(11)2-7(10(8)12)4-13-6-14/h2-3H,4-5H2,1H3. The summed E-state index contributed by atoms with van der Waals surface area (Å²) in [5, 5.41) is 0. The Kier molecular flexibility index (Phi) is 4.62. The number of hydrogen-bond donors (Lipinski definition) is 0. The normalized spacial score (nSPS) is 9.80. The van der Waals surface area contributed by atoms with Gasteiger partial charge in [0.25, 0.3) is 0 Å². The summed E-state index contributed by atoms with van der Waals surface area (Å²) < 4.78 is 19.3. The van der Waals surface area contributed by atoms with E-state index in [0.717, 1.165) is 4.47 Å². The lowest BCUT2D eigenvalue weighted by molar-refractivity contribution is 0.181. The van der Waals surface area contributed by atoms with E-state index in [1.807, 2.05) is 0 Å². The van der Waals surface area contributed by atoms with Crippen molar-refractivity contribution in [2.24, 2.45) is 4.99 Å². The van der Waals surface area contributed by atoms with Crippen LogP contribution in [-0.2, 0) is 22.7 Å². The van der Waals surface area contributed by atoms with Gasteiger partial charge in [-0.25, -0.2) is 14.2 Å². The molecule has 0 aliphatic rings. The van der Waals surface area contributed by atoms with Gasteiger partial charge in [-0.3, -0.25) is 0 Å². The van der Waals surface area contributed by atoms with Crippen LogP contribution in [0.3, 0.4) is 0 Å². The van der Waals surface area contributed by atoms with Crippen LogP contribution in [0.1, 0.15) is 11.1 Å². The summed E-state index contributed by atoms with van der Waals surface area (Å²) in [5.74, 6) is -0.390. The van der Waals surface area contributed by atoms with Gasteiger partial charge in [-0.2, -0.15) is 0 Å². The predicted octanol–water partition coefficient (Wildman–Crippen LogP) is 2.57. The fraction of sp³-hybridized carbons (Fsp3) is 0.300. The van der Waals surface area contributed by atoms with Crippen molar-refractivity contribution in [2.75, 3.05) is 7.11 Å². The molecular formula is C10H9BrFNO2. The molecule has 0 aliphatic carbocycles. The number of methoxy groups -OCH3 is 1. The molecule has 1 rings (SSSR count). The van der Waals surface area contributed by atoms with Gasteiger partial charge in [0, 0.05) is 22.7 Å². The molecule has 5 heteroatoms. The minimum atomic E-state index is -0.390. The Hall–Kier alpha value is -1.03. The Balaban J connectivity index is 3.09. The second-order valence-electron chi connectivity index (χ2n) is 2.88. The monoisotopic (exact) mass is 273 g/mol. The molecule has 15 heavy (non-hydrogen) atoms. The van der Waals surface area contributed by atoms with E-state index in [2.05, 4.69) is 20.9 Å². The maximum absolute atomic E-state index is 13.7. The molecule has 0 atom stereocenters. The van der Waals surface area contributed by atoms with Gasteiger partial charge >= 0.3 is 0 Å². The number of isocyanates is 1. The first-order valence-corrected chi connectivity index (χ1v) is 4.97. The molecule has 0 spiro atoms. The number of carbonyl (C=O) groups excluding carboxylic acids is 1. The first-order chi connectivity index (χ1) is 7.19. The second-order valence-corrected chi connectivity index (χ2v) is 3.79. The molecular weight excluding hydrogens is 265 g/mol. The lowest BCUT2D eigenvalue weighted by Gasteiger charge is -2.06. The minimum absolute atomic E-state index is 0.00844. The molecule has 0 N–H and O–H groups in total. The van der Waals surface area contributed by atoms with Gasteiger partial charge in [0.1, 0.15) is 5.82 Å². The first-order valence-electron chi connectivity index (χ1n) is 4.18. The average Bonchev–Trinajstić information content (AvgIpc) is 2.21. The van der Waals surface area contributed by atoms with E-state index in [1.54, 1.807) is 12.1 Å². The highest BCUT2D eigenvalue weighted by atomic mass is 79.9. The molecule has 0 aromatic heterocycles. The van der Waals surface area contributed by atoms with Gasteiger partial charge in [-0.1, -0.05) is 15.9 Å². The Bertz CT molecular complexity index is 403. The molecule has 0 saturated heterocycles. The van der Waals surface area contributed by atoms with Crippen molar-refractivity contribution in [3.8, 4) is 0 Å². The lowest BCUT2D eigenvalue weighted by atomic mass is 10.1. The Morgan fingerprint density at radius 1 is 1.53 bits per heavy atom. The molecule has 3 nitrogen and oxygen atoms in total. The van der Waals surface area contributed by atoms with Crippen molar-refractivity contribution in [3.63, 3.8) is 0 Å². The number of ether oxygens (including phenoxy) is 1. The van der Waals surface area contributed by atoms with Gasteiger partial charge in [-0.15, -0.1) is 0 Å². The topological polar surface area (TPSA) is 38.7 Å². The van der Waals surface area contributed by atoms with Crippen LogP contribution in [-0.4, -0.2) is 13.2 Å². The molecule has 0 amide bonds. The van der Waals surface area contributed by atoms with Crippen LogP contribution in [0.4, 0.5) is 4.39 Å². The highest BCUT2D eigenvalue weighted by Crippen LogP contribution is 2.21. The maximum atomic E-state index is 13.7. The van der Waals surface area contributed by atoms with Crippen LogP contribution in [0, 0.1) is 5.82 Å². The third-order valence-corrected chi connectivity index (χ3v) is 2.26. The summed E-state index contributed by atoms with van der Waals surface area (Å²) in [6.07, 6.45) is 1.38. The third kappa shape index (κ3) is 3.23. The quantitative estimate of drug-likeness (QED) is 0.625. The summed E-state index contributed by atoms with van der Waals surface area (Å²) in [6, 6.07) is 3.21. The smallest absolute Gasteiger partial charge is 0.235 e. The van der Waals surface area contributed by atoms with E-state index in [0.29, 0.717) is 11.1 Å². The molecule has 1 aromatic rings. The Labute approximate surface area is 95.1 Å². The molecule has 80 valence electrons. The van der Waals surface area contributed by atoms with Crippen LogP contribution in [0.2, 0.25) is 0 Å². The van der Waals surface area contributed by atoms with Gasteiger partial charge < -0.3 is 4.74 Å². The molecule has 0 saturated carbocycles. The third-order valence-electron chi connectivity index (χ3n) is 1.80. The van der Waals surface area contributed by atoms with Crippen molar-refractivity contribution in [1.29, 1.82) is 0 Å². The molecule has 1 aromatic carbocycles. The van der Waals surface area contributed by atoms with Crippen LogP contribution in [0.25, 0.3) is 0 Å². The first kappa shape index (κ1) is 12.0. The zero-order valence-corrected chi connectivity index (χ0v) is 9.67. The SMILES string of the molecule is COCc1cc(Br)cc(CN=C=O)c1F. The summed E-state index contributed by atoms with van der Waals surface area (Å²) >= 11 is 3.25. The van der Waals surface area contributed by atoms with Crippen molar-refractivity contribution in [3.05, 3.63) is 33.5 Å². The van der Waals surface area contributed by atoms with E-state index < -0.39 is 0 Å². The number of rotatable bonds is 4. The van der Waals surface area contributed by atoms with Crippen LogP contribution in [0.5, 0.6) is 0 Å². The fourth-order valence-corrected chi connectivity index (χ4v) is 1.75. The molecule has 0 bridgehead atoms. The average molecular weight is 274 g/mol. The molecule has 0 aliphatic heterocycles. The van der Waals surface area contributed by atoms with Gasteiger partial charge in [0.2, 0.25) is 6.08 Å². The highest BCUT2D eigenvalue weighted by Gasteiger charge is 2.09. The molecule has 0 radical (unpaired) electrons. The zero-order chi connectivity index (χ0) is 11.3. The summed E-state index contributed by atoms with van der Waals surface area (Å²) in [7, 11) is 1.49. The van der Waals surface area contributed by atoms with Crippen molar-refractivity contribution < 1.29 is 13.9 Å². The lowest BCUT2D eigenvalue weighted by Crippen LogP contribution is -1.98. The summed E-state index contributed by atoms with van der Waals surface area (Å²) in [4.78, 5) is 13.3. The summed E-state index contributed by atoms with van der Waals surface area (Å²) in [6.45, 7) is 0.175. The zero-order valence-electron chi connectivity index (χ0n) is 8.09. The van der Waals surface area contributed by atoms with E-state index in [1.165, 1.54) is 13.2 Å². The van der Waals surface area contributed by atoms with Gasteiger partial charge in [-0.05, 0) is 12.1 Å². The number of aliphatic imine (C=N–C) groups is 1. The molecule has 0 unspecified atom stereocenters. The van der Waals surface area contributed by atoms with Gasteiger partial charge in [0.05, 0.1) is 13.2 Å². The largest absolute Gasteiger partial charge is 0.380 e. The molecule has 0 fully saturated rings. The van der Waals surface area contributed by atoms with Crippen molar-refractivity contribution in [1.82, 2.24) is 0 Å². The fourth-order valence-electron chi connectivity index (χ4n) is 1.20. The van der Waals surface area contributed by atoms with E-state index in [-0.39, 0.29) is 19.0 Å². The van der Waals surface area contributed by atoms with Crippen molar-refractivity contribution in [2.45, 2.75) is 13.2 Å². The molecule has 0 heterocycles. The minimum Gasteiger partial charge on any atom is -0.380 e.